The third-order valence-electron chi connectivity index (χ3n) is 3.35. The first-order valence-electron chi connectivity index (χ1n) is 6.12. The van der Waals surface area contributed by atoms with Crippen LogP contribution in [0.2, 0.25) is 10.0 Å². The number of hydrogen-bond acceptors (Lipinski definition) is 0. The summed E-state index contributed by atoms with van der Waals surface area (Å²) < 4.78 is 2.12. The van der Waals surface area contributed by atoms with Gasteiger partial charge in [0.05, 0.1) is 5.02 Å². The van der Waals surface area contributed by atoms with Gasteiger partial charge >= 0.3 is 0 Å². The van der Waals surface area contributed by atoms with Crippen molar-refractivity contribution in [3.63, 3.8) is 0 Å². The fourth-order valence-electron chi connectivity index (χ4n) is 2.45. The Morgan fingerprint density at radius 3 is 2.47 bits per heavy atom. The highest BCUT2D eigenvalue weighted by Gasteiger charge is 2.10. The van der Waals surface area contributed by atoms with Crippen molar-refractivity contribution >= 4 is 34.1 Å². The number of nitrogens with zero attached hydrogens (tertiary/aromatic N) is 1. The first-order valence-corrected chi connectivity index (χ1v) is 6.87. The van der Waals surface area contributed by atoms with E-state index in [2.05, 4.69) is 29.0 Å². The molecule has 1 nitrogen and oxygen atoms in total. The second-order valence-electron chi connectivity index (χ2n) is 4.70. The summed E-state index contributed by atoms with van der Waals surface area (Å²) in [5, 5.41) is 2.71. The summed E-state index contributed by atoms with van der Waals surface area (Å²) in [7, 11) is 2.05. The first kappa shape index (κ1) is 12.6. The van der Waals surface area contributed by atoms with Gasteiger partial charge in [-0.2, -0.15) is 0 Å². The van der Waals surface area contributed by atoms with Crippen LogP contribution in [0, 0.1) is 0 Å². The van der Waals surface area contributed by atoms with Gasteiger partial charge in [-0.15, -0.1) is 0 Å². The van der Waals surface area contributed by atoms with Gasteiger partial charge in [0.25, 0.3) is 0 Å². The topological polar surface area (TPSA) is 4.93 Å². The maximum Gasteiger partial charge on any atom is 0.0502 e. The molecule has 1 heterocycles. The standard InChI is InChI=1S/C16H13Cl2N/c1-19-10-12(9-11-5-7-13(17)8-6-11)16-14(18)3-2-4-15(16)19/h2-8,10H,9H2,1H3. The minimum atomic E-state index is 0.764. The molecule has 3 heteroatoms. The molecule has 0 bridgehead atoms. The van der Waals surface area contributed by atoms with Gasteiger partial charge in [0.2, 0.25) is 0 Å². The first-order chi connectivity index (χ1) is 9.15. The molecule has 0 aliphatic rings. The minimum absolute atomic E-state index is 0.764. The van der Waals surface area contributed by atoms with Gasteiger partial charge in [-0.05, 0) is 41.8 Å². The van der Waals surface area contributed by atoms with Gasteiger partial charge < -0.3 is 4.57 Å². The smallest absolute Gasteiger partial charge is 0.0502 e. The number of hydrogen-bond donors (Lipinski definition) is 0. The molecule has 2 aromatic carbocycles. The van der Waals surface area contributed by atoms with Gasteiger partial charge in [0, 0.05) is 29.2 Å². The third-order valence-corrected chi connectivity index (χ3v) is 3.92. The van der Waals surface area contributed by atoms with E-state index in [1.54, 1.807) is 0 Å². The maximum absolute atomic E-state index is 6.33. The van der Waals surface area contributed by atoms with Gasteiger partial charge in [-0.3, -0.25) is 0 Å². The van der Waals surface area contributed by atoms with Crippen molar-refractivity contribution in [3.8, 4) is 0 Å². The molecule has 0 spiro atoms. The summed E-state index contributed by atoms with van der Waals surface area (Å²) in [6.07, 6.45) is 3.00. The average molecular weight is 290 g/mol. The van der Waals surface area contributed by atoms with Crippen LogP contribution in [0.25, 0.3) is 10.9 Å². The summed E-state index contributed by atoms with van der Waals surface area (Å²) in [6, 6.07) is 14.0. The SMILES string of the molecule is Cn1cc(Cc2ccc(Cl)cc2)c2c(Cl)cccc21. The maximum atomic E-state index is 6.33. The zero-order valence-electron chi connectivity index (χ0n) is 10.5. The number of aromatic nitrogens is 1. The van der Waals surface area contributed by atoms with E-state index in [1.165, 1.54) is 11.1 Å². The Labute approximate surface area is 122 Å². The number of fused-ring (bicyclic) bond motifs is 1. The van der Waals surface area contributed by atoms with Crippen molar-refractivity contribution in [2.24, 2.45) is 7.05 Å². The molecule has 0 aliphatic carbocycles. The summed E-state index contributed by atoms with van der Waals surface area (Å²) in [5.74, 6) is 0. The van der Waals surface area contributed by atoms with Crippen LogP contribution < -0.4 is 0 Å². The quantitative estimate of drug-likeness (QED) is 0.620. The fourth-order valence-corrected chi connectivity index (χ4v) is 2.87. The fraction of sp³-hybridized carbons (Fsp3) is 0.125. The van der Waals surface area contributed by atoms with E-state index < -0.39 is 0 Å². The number of halogens is 2. The molecule has 3 aromatic rings. The predicted octanol–water partition coefficient (Wildman–Crippen LogP) is 5.08. The Hall–Kier alpha value is -1.44. The Balaban J connectivity index is 2.08. The lowest BCUT2D eigenvalue weighted by molar-refractivity contribution is 0.958. The lowest BCUT2D eigenvalue weighted by atomic mass is 10.0. The molecule has 0 aliphatic heterocycles. The molecular weight excluding hydrogens is 277 g/mol. The van der Waals surface area contributed by atoms with E-state index in [0.29, 0.717) is 0 Å². The summed E-state index contributed by atoms with van der Waals surface area (Å²) in [5.41, 5.74) is 3.64. The third kappa shape index (κ3) is 2.36. The lowest BCUT2D eigenvalue weighted by Gasteiger charge is -2.02. The number of aryl methyl sites for hydroxylation is 1. The Morgan fingerprint density at radius 1 is 1.00 bits per heavy atom. The number of benzene rings is 2. The molecule has 3 rings (SSSR count). The molecule has 96 valence electrons. The largest absolute Gasteiger partial charge is 0.350 e. The van der Waals surface area contributed by atoms with Crippen molar-refractivity contribution in [1.29, 1.82) is 0 Å². The van der Waals surface area contributed by atoms with Gasteiger partial charge in [-0.25, -0.2) is 0 Å². The highest BCUT2D eigenvalue weighted by molar-refractivity contribution is 6.35. The average Bonchev–Trinajstić information content (AvgIpc) is 2.71. The predicted molar refractivity (Wildman–Crippen MR) is 82.2 cm³/mol. The van der Waals surface area contributed by atoms with Gasteiger partial charge in [0.15, 0.2) is 0 Å². The molecule has 0 atom stereocenters. The summed E-state index contributed by atoms with van der Waals surface area (Å²) in [4.78, 5) is 0. The van der Waals surface area contributed by atoms with Crippen LogP contribution in [0.1, 0.15) is 11.1 Å². The minimum Gasteiger partial charge on any atom is -0.350 e. The molecule has 0 saturated heterocycles. The normalized spacial score (nSPS) is 11.1. The molecule has 0 amide bonds. The molecule has 0 N–H and O–H groups in total. The Morgan fingerprint density at radius 2 is 1.74 bits per heavy atom. The molecule has 0 saturated carbocycles. The van der Waals surface area contributed by atoms with E-state index in [0.717, 1.165) is 27.4 Å². The van der Waals surface area contributed by atoms with Crippen LogP contribution >= 0.6 is 23.2 Å². The zero-order chi connectivity index (χ0) is 13.4. The molecule has 0 fully saturated rings. The zero-order valence-corrected chi connectivity index (χ0v) is 12.0. The van der Waals surface area contributed by atoms with Crippen molar-refractivity contribution in [1.82, 2.24) is 4.57 Å². The van der Waals surface area contributed by atoms with Crippen LogP contribution in [0.15, 0.2) is 48.7 Å². The van der Waals surface area contributed by atoms with Crippen molar-refractivity contribution < 1.29 is 0 Å². The van der Waals surface area contributed by atoms with E-state index in [-0.39, 0.29) is 0 Å². The summed E-state index contributed by atoms with van der Waals surface area (Å²) >= 11 is 12.2. The van der Waals surface area contributed by atoms with Gasteiger partial charge in [-0.1, -0.05) is 41.4 Å². The van der Waals surface area contributed by atoms with E-state index in [1.807, 2.05) is 31.3 Å². The monoisotopic (exact) mass is 289 g/mol. The van der Waals surface area contributed by atoms with Crippen LogP contribution in [0.3, 0.4) is 0 Å². The highest BCUT2D eigenvalue weighted by atomic mass is 35.5. The Bertz CT molecular complexity index is 726. The van der Waals surface area contributed by atoms with E-state index in [9.17, 15) is 0 Å². The molecule has 1 aromatic heterocycles. The van der Waals surface area contributed by atoms with E-state index in [4.69, 9.17) is 23.2 Å². The molecule has 0 radical (unpaired) electrons. The van der Waals surface area contributed by atoms with Crippen LogP contribution in [0.5, 0.6) is 0 Å². The van der Waals surface area contributed by atoms with Gasteiger partial charge in [0.1, 0.15) is 0 Å². The van der Waals surface area contributed by atoms with E-state index >= 15 is 0 Å². The molecule has 0 unspecified atom stereocenters. The van der Waals surface area contributed by atoms with Crippen LogP contribution in [-0.2, 0) is 13.5 Å². The van der Waals surface area contributed by atoms with Crippen LogP contribution in [-0.4, -0.2) is 4.57 Å². The number of rotatable bonds is 2. The highest BCUT2D eigenvalue weighted by Crippen LogP contribution is 2.29. The second-order valence-corrected chi connectivity index (χ2v) is 5.55. The van der Waals surface area contributed by atoms with Crippen molar-refractivity contribution in [3.05, 3.63) is 69.8 Å². The molecular formula is C16H13Cl2N. The lowest BCUT2D eigenvalue weighted by Crippen LogP contribution is -1.86. The molecule has 19 heavy (non-hydrogen) atoms. The van der Waals surface area contributed by atoms with Crippen molar-refractivity contribution in [2.45, 2.75) is 6.42 Å². The Kier molecular flexibility index (Phi) is 3.26. The van der Waals surface area contributed by atoms with Crippen molar-refractivity contribution in [2.75, 3.05) is 0 Å². The van der Waals surface area contributed by atoms with Crippen LogP contribution in [0.4, 0.5) is 0 Å². The second kappa shape index (κ2) is 4.92. The summed E-state index contributed by atoms with van der Waals surface area (Å²) in [6.45, 7) is 0.